The lowest BCUT2D eigenvalue weighted by atomic mass is 9.98. The van der Waals surface area contributed by atoms with E-state index < -0.39 is 12.1 Å². The fourth-order valence-corrected chi connectivity index (χ4v) is 4.11. The molecule has 0 saturated heterocycles. The summed E-state index contributed by atoms with van der Waals surface area (Å²) in [6.45, 7) is 8.78. The van der Waals surface area contributed by atoms with Gasteiger partial charge in [0.1, 0.15) is 6.04 Å². The summed E-state index contributed by atoms with van der Waals surface area (Å²) in [6, 6.07) is 4.99. The van der Waals surface area contributed by atoms with Gasteiger partial charge in [0, 0.05) is 26.1 Å². The second-order valence-electron chi connectivity index (χ2n) is 7.71. The number of hydrogen-bond acceptors (Lipinski definition) is 5. The lowest BCUT2D eigenvalue weighted by molar-refractivity contribution is -0.123. The summed E-state index contributed by atoms with van der Waals surface area (Å²) in [5, 5.41) is 9.06. The Bertz CT molecular complexity index is 836. The summed E-state index contributed by atoms with van der Waals surface area (Å²) in [4.78, 5) is 29.5. The van der Waals surface area contributed by atoms with Crippen LogP contribution < -0.4 is 21.7 Å². The third kappa shape index (κ3) is 6.14. The van der Waals surface area contributed by atoms with E-state index in [9.17, 15) is 9.59 Å². The summed E-state index contributed by atoms with van der Waals surface area (Å²) in [7, 11) is 1.53. The number of nitrogens with zero attached hydrogens (tertiary/aromatic N) is 1. The van der Waals surface area contributed by atoms with Crippen LogP contribution in [0.25, 0.3) is 10.2 Å². The number of nitrogens with two attached hydrogens (primary N) is 1. The summed E-state index contributed by atoms with van der Waals surface area (Å²) in [6.07, 6.45) is 1.24. The number of urea groups is 1. The molecule has 8 heteroatoms. The van der Waals surface area contributed by atoms with Crippen molar-refractivity contribution in [2.24, 2.45) is 11.7 Å². The van der Waals surface area contributed by atoms with Crippen molar-refractivity contribution < 1.29 is 9.59 Å². The van der Waals surface area contributed by atoms with Gasteiger partial charge in [-0.25, -0.2) is 9.78 Å². The van der Waals surface area contributed by atoms with Crippen LogP contribution in [-0.4, -0.2) is 42.6 Å². The number of carbonyl (C=O) groups excluding carboxylic acids is 2. The van der Waals surface area contributed by atoms with Crippen LogP contribution in [0.15, 0.2) is 18.2 Å². The van der Waals surface area contributed by atoms with Gasteiger partial charge in [-0.3, -0.25) is 4.79 Å². The van der Waals surface area contributed by atoms with Crippen LogP contribution in [0.3, 0.4) is 0 Å². The molecule has 1 aromatic carbocycles. The molecule has 160 valence electrons. The van der Waals surface area contributed by atoms with Gasteiger partial charge in [0.15, 0.2) is 0 Å². The van der Waals surface area contributed by atoms with Crippen molar-refractivity contribution in [2.45, 2.75) is 58.5 Å². The molecule has 0 aliphatic rings. The van der Waals surface area contributed by atoms with Crippen LogP contribution in [0.5, 0.6) is 0 Å². The predicted molar refractivity (Wildman–Crippen MR) is 119 cm³/mol. The van der Waals surface area contributed by atoms with Crippen LogP contribution in [0, 0.1) is 5.92 Å². The molecule has 0 spiro atoms. The van der Waals surface area contributed by atoms with E-state index in [1.807, 2.05) is 6.07 Å². The minimum atomic E-state index is -0.724. The lowest BCUT2D eigenvalue weighted by Crippen LogP contribution is -2.55. The largest absolute Gasteiger partial charge is 0.350 e. The number of aromatic nitrogens is 1. The standard InChI is InChI=1S/C21H33N5O2S/c1-6-13(4)17(11-22)25-20(27)16(26-21(28)23-5)10-19-24-15-8-7-14(12(2)3)9-18(15)29-19/h7-9,12-13,16-17H,6,10-11,22H2,1-5H3,(H,25,27)(H2,23,26,28). The molecule has 0 aliphatic heterocycles. The number of amides is 3. The molecular formula is C21H33N5O2S. The highest BCUT2D eigenvalue weighted by Crippen LogP contribution is 2.27. The van der Waals surface area contributed by atoms with Crippen molar-refractivity contribution in [1.29, 1.82) is 0 Å². The Balaban J connectivity index is 2.22. The molecule has 0 radical (unpaired) electrons. The molecule has 5 N–H and O–H groups in total. The smallest absolute Gasteiger partial charge is 0.315 e. The molecular weight excluding hydrogens is 386 g/mol. The average molecular weight is 420 g/mol. The number of thiazole rings is 1. The van der Waals surface area contributed by atoms with Crippen molar-refractivity contribution >= 4 is 33.5 Å². The molecule has 3 unspecified atom stereocenters. The molecule has 29 heavy (non-hydrogen) atoms. The summed E-state index contributed by atoms with van der Waals surface area (Å²) < 4.78 is 1.09. The Hall–Kier alpha value is -2.19. The topological polar surface area (TPSA) is 109 Å². The van der Waals surface area contributed by atoms with Crippen molar-refractivity contribution in [3.05, 3.63) is 28.8 Å². The average Bonchev–Trinajstić information content (AvgIpc) is 3.11. The van der Waals surface area contributed by atoms with Crippen LogP contribution in [0.4, 0.5) is 4.79 Å². The van der Waals surface area contributed by atoms with Crippen molar-refractivity contribution in [1.82, 2.24) is 20.9 Å². The van der Waals surface area contributed by atoms with Crippen molar-refractivity contribution in [2.75, 3.05) is 13.6 Å². The van der Waals surface area contributed by atoms with Gasteiger partial charge in [-0.15, -0.1) is 11.3 Å². The van der Waals surface area contributed by atoms with E-state index in [-0.39, 0.29) is 17.9 Å². The Morgan fingerprint density at radius 3 is 2.52 bits per heavy atom. The van der Waals surface area contributed by atoms with Crippen molar-refractivity contribution in [3.8, 4) is 0 Å². The first-order valence-electron chi connectivity index (χ1n) is 10.2. The maximum absolute atomic E-state index is 12.9. The maximum atomic E-state index is 12.9. The number of carbonyl (C=O) groups is 2. The van der Waals surface area contributed by atoms with E-state index in [4.69, 9.17) is 5.73 Å². The van der Waals surface area contributed by atoms with E-state index in [1.165, 1.54) is 12.6 Å². The number of benzene rings is 1. The normalized spacial score (nSPS) is 14.4. The molecule has 0 saturated carbocycles. The maximum Gasteiger partial charge on any atom is 0.315 e. The van der Waals surface area contributed by atoms with Crippen LogP contribution in [-0.2, 0) is 11.2 Å². The molecule has 7 nitrogen and oxygen atoms in total. The Morgan fingerprint density at radius 2 is 1.93 bits per heavy atom. The monoisotopic (exact) mass is 419 g/mol. The molecule has 0 bridgehead atoms. The Morgan fingerprint density at radius 1 is 1.21 bits per heavy atom. The Kier molecular flexibility index (Phi) is 8.40. The molecule has 1 heterocycles. The molecule has 2 aromatic rings. The summed E-state index contributed by atoms with van der Waals surface area (Å²) >= 11 is 1.56. The van der Waals surface area contributed by atoms with Gasteiger partial charge >= 0.3 is 6.03 Å². The number of nitrogens with one attached hydrogen (secondary N) is 3. The fourth-order valence-electron chi connectivity index (χ4n) is 3.05. The van der Waals surface area contributed by atoms with Crippen LogP contribution in [0.1, 0.15) is 50.6 Å². The molecule has 0 fully saturated rings. The van der Waals surface area contributed by atoms with E-state index in [0.29, 0.717) is 18.9 Å². The van der Waals surface area contributed by atoms with E-state index in [0.717, 1.165) is 21.6 Å². The minimum Gasteiger partial charge on any atom is -0.350 e. The zero-order valence-corrected chi connectivity index (χ0v) is 18.7. The third-order valence-electron chi connectivity index (χ3n) is 5.26. The quantitative estimate of drug-likeness (QED) is 0.501. The molecule has 1 aromatic heterocycles. The summed E-state index contributed by atoms with van der Waals surface area (Å²) in [5.41, 5.74) is 8.01. The highest BCUT2D eigenvalue weighted by Gasteiger charge is 2.26. The second-order valence-corrected chi connectivity index (χ2v) is 8.82. The third-order valence-corrected chi connectivity index (χ3v) is 6.30. The fraction of sp³-hybridized carbons (Fsp3) is 0.571. The van der Waals surface area contributed by atoms with Crippen molar-refractivity contribution in [3.63, 3.8) is 0 Å². The predicted octanol–water partition coefficient (Wildman–Crippen LogP) is 2.75. The minimum absolute atomic E-state index is 0.134. The SMILES string of the molecule is CCC(C)C(CN)NC(=O)C(Cc1nc2ccc(C(C)C)cc2s1)NC(=O)NC. The summed E-state index contributed by atoms with van der Waals surface area (Å²) in [5.74, 6) is 0.445. The lowest BCUT2D eigenvalue weighted by Gasteiger charge is -2.25. The second kappa shape index (κ2) is 10.5. The first-order chi connectivity index (χ1) is 13.8. The van der Waals surface area contributed by atoms with Gasteiger partial charge in [0.05, 0.1) is 15.2 Å². The highest BCUT2D eigenvalue weighted by molar-refractivity contribution is 7.18. The molecule has 0 aliphatic carbocycles. The zero-order valence-electron chi connectivity index (χ0n) is 17.9. The number of hydrogen-bond donors (Lipinski definition) is 4. The highest BCUT2D eigenvalue weighted by atomic mass is 32.1. The van der Waals surface area contributed by atoms with Gasteiger partial charge < -0.3 is 21.7 Å². The molecule has 2 rings (SSSR count). The first-order valence-corrected chi connectivity index (χ1v) is 11.0. The van der Waals surface area contributed by atoms with Gasteiger partial charge in [-0.2, -0.15) is 0 Å². The molecule has 3 atom stereocenters. The van der Waals surface area contributed by atoms with E-state index >= 15 is 0 Å². The van der Waals surface area contributed by atoms with Gasteiger partial charge in [-0.05, 0) is 29.5 Å². The zero-order chi connectivity index (χ0) is 21.6. The number of rotatable bonds is 9. The first kappa shape index (κ1) is 23.1. The van der Waals surface area contributed by atoms with Gasteiger partial charge in [0.2, 0.25) is 5.91 Å². The van der Waals surface area contributed by atoms with E-state index in [2.05, 4.69) is 60.8 Å². The number of fused-ring (bicyclic) bond motifs is 1. The van der Waals surface area contributed by atoms with Crippen LogP contribution in [0.2, 0.25) is 0 Å². The Labute approximate surface area is 176 Å². The van der Waals surface area contributed by atoms with Gasteiger partial charge in [0.25, 0.3) is 0 Å². The van der Waals surface area contributed by atoms with E-state index in [1.54, 1.807) is 11.3 Å². The molecule has 3 amide bonds. The van der Waals surface area contributed by atoms with Gasteiger partial charge in [-0.1, -0.05) is 40.2 Å². The van der Waals surface area contributed by atoms with Crippen LogP contribution >= 0.6 is 11.3 Å².